The Morgan fingerprint density at radius 1 is 1.07 bits per heavy atom. The van der Waals surface area contributed by atoms with Crippen LogP contribution < -0.4 is 9.03 Å². The van der Waals surface area contributed by atoms with Gasteiger partial charge in [0.15, 0.2) is 0 Å². The van der Waals surface area contributed by atoms with Crippen LogP contribution in [0.5, 0.6) is 0 Å². The van der Waals surface area contributed by atoms with Crippen molar-refractivity contribution in [1.82, 2.24) is 14.9 Å². The molecule has 144 valence electrons. The van der Waals surface area contributed by atoms with E-state index in [4.69, 9.17) is 4.42 Å². The maximum absolute atomic E-state index is 12.5. The third-order valence-electron chi connectivity index (χ3n) is 4.43. The third kappa shape index (κ3) is 3.74. The van der Waals surface area contributed by atoms with Crippen LogP contribution in [0.15, 0.2) is 59.0 Å². The summed E-state index contributed by atoms with van der Waals surface area (Å²) in [6.45, 7) is 0.312. The number of carbonyl (C=O) groups excluding carboxylic acids is 1. The van der Waals surface area contributed by atoms with E-state index in [-0.39, 0.29) is 18.7 Å². The highest BCUT2D eigenvalue weighted by atomic mass is 32.2. The molecule has 0 saturated heterocycles. The van der Waals surface area contributed by atoms with Gasteiger partial charge in [-0.05, 0) is 30.2 Å². The Labute approximate surface area is 162 Å². The average Bonchev–Trinajstić information content (AvgIpc) is 3.34. The van der Waals surface area contributed by atoms with Gasteiger partial charge in [-0.15, -0.1) is 10.2 Å². The summed E-state index contributed by atoms with van der Waals surface area (Å²) in [5.74, 6) is 0.0130. The second-order valence-corrected chi connectivity index (χ2v) is 7.94. The topological polar surface area (TPSA) is 105 Å². The molecule has 2 heterocycles. The molecule has 0 atom stereocenters. The minimum absolute atomic E-state index is 0.0782. The lowest BCUT2D eigenvalue weighted by atomic mass is 10.2. The van der Waals surface area contributed by atoms with E-state index in [1.165, 1.54) is 4.31 Å². The van der Waals surface area contributed by atoms with Gasteiger partial charge < -0.3 is 4.42 Å². The van der Waals surface area contributed by atoms with E-state index in [9.17, 15) is 13.2 Å². The van der Waals surface area contributed by atoms with E-state index in [1.807, 2.05) is 42.5 Å². The van der Waals surface area contributed by atoms with Gasteiger partial charge in [-0.1, -0.05) is 36.4 Å². The van der Waals surface area contributed by atoms with Crippen molar-refractivity contribution in [3.8, 4) is 11.5 Å². The number of aromatic nitrogens is 2. The number of benzene rings is 2. The van der Waals surface area contributed by atoms with Crippen LogP contribution in [0.1, 0.15) is 17.9 Å². The summed E-state index contributed by atoms with van der Waals surface area (Å²) < 4.78 is 34.0. The smallest absolute Gasteiger partial charge is 0.326 e. The third-order valence-corrected chi connectivity index (χ3v) is 5.88. The van der Waals surface area contributed by atoms with E-state index in [1.54, 1.807) is 12.1 Å². The molecule has 1 aromatic heterocycles. The Hall–Kier alpha value is -3.20. The normalized spacial score (nSPS) is 13.4. The van der Waals surface area contributed by atoms with E-state index in [0.29, 0.717) is 24.5 Å². The molecule has 4 rings (SSSR count). The predicted octanol–water partition coefficient (Wildman–Crippen LogP) is 2.09. The highest BCUT2D eigenvalue weighted by Crippen LogP contribution is 2.29. The van der Waals surface area contributed by atoms with Gasteiger partial charge in [0.05, 0.1) is 5.69 Å². The van der Waals surface area contributed by atoms with Crippen LogP contribution in [-0.2, 0) is 27.8 Å². The van der Waals surface area contributed by atoms with Gasteiger partial charge in [0, 0.05) is 24.9 Å². The summed E-state index contributed by atoms with van der Waals surface area (Å²) in [6, 6.07) is 16.5. The molecular formula is C19H18N4O4S. The average molecular weight is 398 g/mol. The standard InChI is InChI=1S/C19H18N4O4S/c24-17(10-11-18-20-21-19(27-18)15-7-2-1-3-8-15)22-28(25,26)23-13-12-14-6-4-5-9-16(14)23/h1-9H,10-13H2,(H,22,24). The molecule has 28 heavy (non-hydrogen) atoms. The van der Waals surface area contributed by atoms with E-state index in [2.05, 4.69) is 14.9 Å². The van der Waals surface area contributed by atoms with Crippen molar-refractivity contribution < 1.29 is 17.6 Å². The molecule has 0 unspecified atom stereocenters. The minimum Gasteiger partial charge on any atom is -0.421 e. The van der Waals surface area contributed by atoms with Crippen molar-refractivity contribution in [2.75, 3.05) is 10.8 Å². The van der Waals surface area contributed by atoms with E-state index in [0.717, 1.165) is 11.1 Å². The highest BCUT2D eigenvalue weighted by molar-refractivity contribution is 7.91. The lowest BCUT2D eigenvalue weighted by Gasteiger charge is -2.19. The van der Waals surface area contributed by atoms with Crippen LogP contribution in [0.3, 0.4) is 0 Å². The first-order chi connectivity index (χ1) is 13.5. The second kappa shape index (κ2) is 7.43. The number of fused-ring (bicyclic) bond motifs is 1. The van der Waals surface area contributed by atoms with Crippen LogP contribution in [0.25, 0.3) is 11.5 Å². The molecule has 0 fully saturated rings. The summed E-state index contributed by atoms with van der Waals surface area (Å²) in [7, 11) is -3.95. The Bertz CT molecular complexity index is 1100. The van der Waals surface area contributed by atoms with Crippen molar-refractivity contribution >= 4 is 21.8 Å². The van der Waals surface area contributed by atoms with Crippen molar-refractivity contribution in [2.45, 2.75) is 19.3 Å². The zero-order chi connectivity index (χ0) is 19.6. The lowest BCUT2D eigenvalue weighted by molar-refractivity contribution is -0.119. The van der Waals surface area contributed by atoms with Crippen LogP contribution in [0, 0.1) is 0 Å². The van der Waals surface area contributed by atoms with Gasteiger partial charge in [0.2, 0.25) is 17.7 Å². The zero-order valence-electron chi connectivity index (χ0n) is 14.9. The molecule has 0 saturated carbocycles. The predicted molar refractivity (Wildman–Crippen MR) is 103 cm³/mol. The van der Waals surface area contributed by atoms with Gasteiger partial charge in [-0.3, -0.25) is 9.10 Å². The Morgan fingerprint density at radius 2 is 1.82 bits per heavy atom. The van der Waals surface area contributed by atoms with Crippen molar-refractivity contribution in [2.24, 2.45) is 0 Å². The highest BCUT2D eigenvalue weighted by Gasteiger charge is 2.30. The van der Waals surface area contributed by atoms with Crippen LogP contribution >= 0.6 is 0 Å². The summed E-state index contributed by atoms with van der Waals surface area (Å²) >= 11 is 0. The number of rotatable bonds is 6. The zero-order valence-corrected chi connectivity index (χ0v) is 15.7. The molecule has 0 spiro atoms. The van der Waals surface area contributed by atoms with Crippen molar-refractivity contribution in [3.63, 3.8) is 0 Å². The van der Waals surface area contributed by atoms with Gasteiger partial charge in [0.1, 0.15) is 0 Å². The molecule has 1 aliphatic heterocycles. The fourth-order valence-corrected chi connectivity index (χ4v) is 4.35. The molecule has 0 radical (unpaired) electrons. The summed E-state index contributed by atoms with van der Waals surface area (Å²) in [5, 5.41) is 7.86. The first-order valence-corrected chi connectivity index (χ1v) is 10.3. The molecule has 3 aromatic rings. The molecule has 9 heteroatoms. The summed E-state index contributed by atoms with van der Waals surface area (Å²) in [5.41, 5.74) is 2.33. The number of aryl methyl sites for hydroxylation is 1. The van der Waals surface area contributed by atoms with Gasteiger partial charge in [-0.2, -0.15) is 8.42 Å². The Morgan fingerprint density at radius 3 is 2.64 bits per heavy atom. The number of nitrogens with one attached hydrogen (secondary N) is 1. The van der Waals surface area contributed by atoms with Crippen LogP contribution in [0.2, 0.25) is 0 Å². The molecule has 0 bridgehead atoms. The van der Waals surface area contributed by atoms with Crippen LogP contribution in [0.4, 0.5) is 5.69 Å². The summed E-state index contributed by atoms with van der Waals surface area (Å²) in [4.78, 5) is 12.2. The first-order valence-electron chi connectivity index (χ1n) is 8.82. The largest absolute Gasteiger partial charge is 0.421 e. The number of para-hydroxylation sites is 1. The van der Waals surface area contributed by atoms with E-state index < -0.39 is 16.1 Å². The molecule has 1 amide bonds. The number of carbonyl (C=O) groups is 1. The van der Waals surface area contributed by atoms with E-state index >= 15 is 0 Å². The molecule has 1 N–H and O–H groups in total. The number of hydrogen-bond donors (Lipinski definition) is 1. The SMILES string of the molecule is O=C(CCc1nnc(-c2ccccc2)o1)NS(=O)(=O)N1CCc2ccccc21. The summed E-state index contributed by atoms with van der Waals surface area (Å²) in [6.07, 6.45) is 0.693. The van der Waals surface area contributed by atoms with Gasteiger partial charge in [0.25, 0.3) is 0 Å². The molecule has 1 aliphatic rings. The fourth-order valence-electron chi connectivity index (χ4n) is 3.08. The number of anilines is 1. The van der Waals surface area contributed by atoms with Gasteiger partial charge in [-0.25, -0.2) is 4.72 Å². The van der Waals surface area contributed by atoms with Crippen LogP contribution in [-0.4, -0.2) is 31.1 Å². The van der Waals surface area contributed by atoms with Gasteiger partial charge >= 0.3 is 10.2 Å². The quantitative estimate of drug-likeness (QED) is 0.682. The fraction of sp³-hybridized carbons (Fsp3) is 0.211. The maximum Gasteiger partial charge on any atom is 0.326 e. The lowest BCUT2D eigenvalue weighted by Crippen LogP contribution is -2.42. The molecule has 2 aromatic carbocycles. The van der Waals surface area contributed by atoms with Crippen molar-refractivity contribution in [3.05, 3.63) is 66.1 Å². The Balaban J connectivity index is 1.37. The number of nitrogens with zero attached hydrogens (tertiary/aromatic N) is 3. The second-order valence-electron chi connectivity index (χ2n) is 6.35. The molecule has 8 nitrogen and oxygen atoms in total. The maximum atomic E-state index is 12.5. The molecule has 0 aliphatic carbocycles. The number of hydrogen-bond acceptors (Lipinski definition) is 6. The monoisotopic (exact) mass is 398 g/mol. The minimum atomic E-state index is -3.95. The molecular weight excluding hydrogens is 380 g/mol. The number of amides is 1. The van der Waals surface area contributed by atoms with Crippen molar-refractivity contribution in [1.29, 1.82) is 0 Å². The first kappa shape index (κ1) is 18.2. The Kier molecular flexibility index (Phi) is 4.82.